The normalized spacial score (nSPS) is 18.2. The molecule has 1 unspecified atom stereocenters. The van der Waals surface area contributed by atoms with Crippen molar-refractivity contribution >= 4 is 28.5 Å². The molecule has 7 nitrogen and oxygen atoms in total. The van der Waals surface area contributed by atoms with Gasteiger partial charge in [0.25, 0.3) is 5.92 Å². The molecule has 2 N–H and O–H groups in total. The van der Waals surface area contributed by atoms with Crippen molar-refractivity contribution in [2.24, 2.45) is 5.92 Å². The third-order valence-electron chi connectivity index (χ3n) is 5.94. The number of carbonyl (C=O) groups is 1. The SMILES string of the molecule is Cc1cc([C@@H](C)Nc2ccccc2C(=O)O)c2nc(N3CC(C)C(F)(F)C3)c(C#N)nc2c1. The van der Waals surface area contributed by atoms with Crippen LogP contribution in [0.3, 0.4) is 0 Å². The Kier molecular flexibility index (Phi) is 5.62. The Morgan fingerprint density at radius 2 is 2.06 bits per heavy atom. The lowest BCUT2D eigenvalue weighted by atomic mass is 10.0. The quantitative estimate of drug-likeness (QED) is 0.576. The largest absolute Gasteiger partial charge is 0.478 e. The van der Waals surface area contributed by atoms with Crippen molar-refractivity contribution in [2.75, 3.05) is 23.3 Å². The standard InChI is InChI=1S/C24H23F2N5O2/c1-13-8-17(15(3)28-18-7-5-4-6-16(18)23(32)33)21-19(9-13)29-20(10-27)22(30-21)31-11-14(2)24(25,26)12-31/h4-9,14-15,28H,11-12H2,1-3H3,(H,32,33)/t14?,15-/m1/s1. The van der Waals surface area contributed by atoms with Gasteiger partial charge in [0.15, 0.2) is 11.5 Å². The van der Waals surface area contributed by atoms with Crippen LogP contribution >= 0.6 is 0 Å². The number of para-hydroxylation sites is 1. The number of benzene rings is 2. The van der Waals surface area contributed by atoms with E-state index in [4.69, 9.17) is 0 Å². The summed E-state index contributed by atoms with van der Waals surface area (Å²) in [6.07, 6.45) is 0. The second-order valence-corrected chi connectivity index (χ2v) is 8.49. The molecule has 9 heteroatoms. The van der Waals surface area contributed by atoms with E-state index in [1.165, 1.54) is 17.9 Å². The van der Waals surface area contributed by atoms with Gasteiger partial charge in [-0.15, -0.1) is 0 Å². The molecule has 0 radical (unpaired) electrons. The molecule has 33 heavy (non-hydrogen) atoms. The Labute approximate surface area is 189 Å². The molecule has 1 aliphatic heterocycles. The van der Waals surface area contributed by atoms with E-state index in [1.54, 1.807) is 24.3 Å². The minimum atomic E-state index is -2.88. The van der Waals surface area contributed by atoms with Crippen LogP contribution in [0, 0.1) is 24.2 Å². The lowest BCUT2D eigenvalue weighted by Crippen LogP contribution is -2.27. The van der Waals surface area contributed by atoms with Gasteiger partial charge in [0, 0.05) is 23.7 Å². The lowest BCUT2D eigenvalue weighted by Gasteiger charge is -2.22. The predicted octanol–water partition coefficient (Wildman–Crippen LogP) is 4.77. The summed E-state index contributed by atoms with van der Waals surface area (Å²) in [5, 5.41) is 22.3. The van der Waals surface area contributed by atoms with Gasteiger partial charge in [0.1, 0.15) is 6.07 Å². The third-order valence-corrected chi connectivity index (χ3v) is 5.94. The summed E-state index contributed by atoms with van der Waals surface area (Å²) in [7, 11) is 0. The van der Waals surface area contributed by atoms with Crippen molar-refractivity contribution in [3.8, 4) is 6.07 Å². The Bertz CT molecular complexity index is 1290. The second-order valence-electron chi connectivity index (χ2n) is 8.49. The van der Waals surface area contributed by atoms with Crippen LogP contribution in [0.25, 0.3) is 11.0 Å². The van der Waals surface area contributed by atoms with E-state index >= 15 is 0 Å². The first kappa shape index (κ1) is 22.4. The number of hydrogen-bond donors (Lipinski definition) is 2. The molecule has 3 aromatic rings. The van der Waals surface area contributed by atoms with Gasteiger partial charge in [0.2, 0.25) is 0 Å². The van der Waals surface area contributed by atoms with Crippen LogP contribution in [0.5, 0.6) is 0 Å². The Hall–Kier alpha value is -3.80. The molecule has 2 heterocycles. The fourth-order valence-corrected chi connectivity index (χ4v) is 4.16. The van der Waals surface area contributed by atoms with E-state index in [1.807, 2.05) is 26.0 Å². The topological polar surface area (TPSA) is 102 Å². The van der Waals surface area contributed by atoms with Crippen LogP contribution in [-0.4, -0.2) is 40.1 Å². The average molecular weight is 451 g/mol. The lowest BCUT2D eigenvalue weighted by molar-refractivity contribution is -0.0138. The number of carboxylic acids is 1. The molecule has 0 aliphatic carbocycles. The summed E-state index contributed by atoms with van der Waals surface area (Å²) in [6.45, 7) is 4.76. The number of halogens is 2. The fourth-order valence-electron chi connectivity index (χ4n) is 4.16. The molecule has 0 saturated carbocycles. The van der Waals surface area contributed by atoms with Crippen LogP contribution in [0.15, 0.2) is 36.4 Å². The smallest absolute Gasteiger partial charge is 0.337 e. The molecule has 2 atom stereocenters. The molecule has 0 bridgehead atoms. The van der Waals surface area contributed by atoms with Crippen molar-refractivity contribution in [3.63, 3.8) is 0 Å². The van der Waals surface area contributed by atoms with Gasteiger partial charge >= 0.3 is 5.97 Å². The van der Waals surface area contributed by atoms with Gasteiger partial charge in [0.05, 0.1) is 29.2 Å². The number of alkyl halides is 2. The molecular formula is C24H23F2N5O2. The molecule has 1 fully saturated rings. The monoisotopic (exact) mass is 451 g/mol. The van der Waals surface area contributed by atoms with Gasteiger partial charge < -0.3 is 15.3 Å². The summed E-state index contributed by atoms with van der Waals surface area (Å²) in [6, 6.07) is 11.9. The van der Waals surface area contributed by atoms with E-state index in [0.29, 0.717) is 16.7 Å². The van der Waals surface area contributed by atoms with Gasteiger partial charge in [-0.1, -0.05) is 25.1 Å². The minimum Gasteiger partial charge on any atom is -0.478 e. The van der Waals surface area contributed by atoms with Crippen LogP contribution in [0.1, 0.15) is 47.1 Å². The van der Waals surface area contributed by atoms with Crippen molar-refractivity contribution in [2.45, 2.75) is 32.7 Å². The van der Waals surface area contributed by atoms with E-state index in [9.17, 15) is 23.9 Å². The Morgan fingerprint density at radius 3 is 2.70 bits per heavy atom. The highest BCUT2D eigenvalue weighted by Gasteiger charge is 2.46. The summed E-state index contributed by atoms with van der Waals surface area (Å²) in [5.41, 5.74) is 3.14. The van der Waals surface area contributed by atoms with Gasteiger partial charge in [-0.2, -0.15) is 5.26 Å². The average Bonchev–Trinajstić information content (AvgIpc) is 3.04. The first-order valence-corrected chi connectivity index (χ1v) is 10.5. The Morgan fingerprint density at radius 1 is 1.33 bits per heavy atom. The number of aromatic nitrogens is 2. The van der Waals surface area contributed by atoms with Crippen LogP contribution in [0.4, 0.5) is 20.3 Å². The second kappa shape index (κ2) is 8.28. The molecule has 1 aromatic heterocycles. The summed E-state index contributed by atoms with van der Waals surface area (Å²) in [4.78, 5) is 22.1. The number of nitrogens with one attached hydrogen (secondary N) is 1. The van der Waals surface area contributed by atoms with Gasteiger partial charge in [-0.3, -0.25) is 0 Å². The van der Waals surface area contributed by atoms with Crippen LogP contribution in [0.2, 0.25) is 0 Å². The maximum absolute atomic E-state index is 14.2. The number of hydrogen-bond acceptors (Lipinski definition) is 6. The molecule has 170 valence electrons. The predicted molar refractivity (Wildman–Crippen MR) is 121 cm³/mol. The number of aromatic carboxylic acids is 1. The van der Waals surface area contributed by atoms with E-state index in [-0.39, 0.29) is 29.7 Å². The highest BCUT2D eigenvalue weighted by atomic mass is 19.3. The zero-order chi connectivity index (χ0) is 23.9. The number of rotatable bonds is 5. The van der Waals surface area contributed by atoms with E-state index < -0.39 is 24.4 Å². The number of aryl methyl sites for hydroxylation is 1. The van der Waals surface area contributed by atoms with Crippen LogP contribution < -0.4 is 10.2 Å². The van der Waals surface area contributed by atoms with Crippen molar-refractivity contribution < 1.29 is 18.7 Å². The summed E-state index contributed by atoms with van der Waals surface area (Å²) in [5.74, 6) is -4.66. The molecule has 1 aliphatic rings. The number of nitrogens with zero attached hydrogens (tertiary/aromatic N) is 4. The maximum atomic E-state index is 14.2. The van der Waals surface area contributed by atoms with E-state index in [0.717, 1.165) is 11.1 Å². The van der Waals surface area contributed by atoms with Gasteiger partial charge in [-0.25, -0.2) is 23.5 Å². The number of carboxylic acid groups (broad SMARTS) is 1. The number of anilines is 2. The van der Waals surface area contributed by atoms with Crippen molar-refractivity contribution in [1.82, 2.24) is 9.97 Å². The number of nitriles is 1. The van der Waals surface area contributed by atoms with E-state index in [2.05, 4.69) is 15.3 Å². The third kappa shape index (κ3) is 4.16. The zero-order valence-corrected chi connectivity index (χ0v) is 18.4. The Balaban J connectivity index is 1.81. The molecule has 0 amide bonds. The number of fused-ring (bicyclic) bond motifs is 1. The fraction of sp³-hybridized carbons (Fsp3) is 0.333. The molecule has 0 spiro atoms. The molecule has 4 rings (SSSR count). The van der Waals surface area contributed by atoms with Gasteiger partial charge in [-0.05, 0) is 37.6 Å². The first-order valence-electron chi connectivity index (χ1n) is 10.5. The zero-order valence-electron chi connectivity index (χ0n) is 18.4. The molecule has 2 aromatic carbocycles. The maximum Gasteiger partial charge on any atom is 0.337 e. The summed E-state index contributed by atoms with van der Waals surface area (Å²) < 4.78 is 28.4. The van der Waals surface area contributed by atoms with Crippen LogP contribution in [-0.2, 0) is 0 Å². The van der Waals surface area contributed by atoms with Crippen molar-refractivity contribution in [3.05, 3.63) is 58.8 Å². The first-order chi connectivity index (χ1) is 15.6. The van der Waals surface area contributed by atoms with Crippen molar-refractivity contribution in [1.29, 1.82) is 5.26 Å². The molecule has 1 saturated heterocycles. The molecular weight excluding hydrogens is 428 g/mol. The highest BCUT2D eigenvalue weighted by Crippen LogP contribution is 2.37. The highest BCUT2D eigenvalue weighted by molar-refractivity contribution is 5.94. The minimum absolute atomic E-state index is 0.000727. The summed E-state index contributed by atoms with van der Waals surface area (Å²) >= 11 is 0.